The topological polar surface area (TPSA) is 74.6 Å². The third-order valence-corrected chi connectivity index (χ3v) is 10.1. The molecule has 4 aromatic rings. The predicted octanol–water partition coefficient (Wildman–Crippen LogP) is 6.83. The first-order valence-corrected chi connectivity index (χ1v) is 15.7. The molecule has 4 heterocycles. The number of benzene rings is 2. The number of ether oxygens (including phenoxy) is 1. The van der Waals surface area contributed by atoms with Crippen molar-refractivity contribution >= 4 is 27.5 Å². The Morgan fingerprint density at radius 3 is 2.64 bits per heavy atom. The number of anilines is 1. The molecular weight excluding hydrogens is 560 g/mol. The Kier molecular flexibility index (Phi) is 7.49. The number of nitrogens with zero attached hydrogens (tertiary/aromatic N) is 5. The van der Waals surface area contributed by atoms with Crippen LogP contribution in [0.5, 0.6) is 11.8 Å². The van der Waals surface area contributed by atoms with Crippen molar-refractivity contribution in [3.8, 4) is 35.4 Å². The van der Waals surface area contributed by atoms with E-state index in [0.29, 0.717) is 34.6 Å². The van der Waals surface area contributed by atoms with Crippen molar-refractivity contribution in [1.29, 1.82) is 0 Å². The van der Waals surface area contributed by atoms with Crippen molar-refractivity contribution in [3.05, 3.63) is 47.7 Å². The Hall–Kier alpha value is -4.03. The lowest BCUT2D eigenvalue weighted by molar-refractivity contribution is 0.0133. The Bertz CT molecular complexity index is 1780. The minimum Gasteiger partial charge on any atom is -0.508 e. The van der Waals surface area contributed by atoms with E-state index >= 15 is 4.39 Å². The number of aromatic nitrogens is 3. The molecule has 7 rings (SSSR count). The largest absolute Gasteiger partial charge is 0.508 e. The van der Waals surface area contributed by atoms with Crippen LogP contribution in [-0.2, 0) is 0 Å². The van der Waals surface area contributed by atoms with Crippen molar-refractivity contribution in [2.45, 2.75) is 63.8 Å². The number of rotatable bonds is 5. The summed E-state index contributed by atoms with van der Waals surface area (Å²) in [6, 6.07) is 6.21. The first-order valence-electron chi connectivity index (χ1n) is 15.7. The fourth-order valence-electron chi connectivity index (χ4n) is 7.94. The molecule has 1 N–H and O–H groups in total. The van der Waals surface area contributed by atoms with Crippen molar-refractivity contribution in [2.75, 3.05) is 38.2 Å². The van der Waals surface area contributed by atoms with Gasteiger partial charge in [-0.1, -0.05) is 31.2 Å². The molecule has 0 amide bonds. The molecule has 9 heteroatoms. The molecule has 3 aliphatic rings. The van der Waals surface area contributed by atoms with Gasteiger partial charge in [0.2, 0.25) is 0 Å². The van der Waals surface area contributed by atoms with Crippen LogP contribution in [0.1, 0.15) is 63.4 Å². The summed E-state index contributed by atoms with van der Waals surface area (Å²) in [6.45, 7) is 3.17. The van der Waals surface area contributed by atoms with Gasteiger partial charge < -0.3 is 19.6 Å². The van der Waals surface area contributed by atoms with Crippen LogP contribution in [-0.4, -0.2) is 64.3 Å². The molecule has 2 saturated heterocycles. The van der Waals surface area contributed by atoms with Gasteiger partial charge in [0.05, 0.1) is 17.6 Å². The van der Waals surface area contributed by atoms with Gasteiger partial charge >= 0.3 is 6.01 Å². The molecule has 2 atom stereocenters. The first kappa shape index (κ1) is 28.7. The molecule has 228 valence electrons. The van der Waals surface area contributed by atoms with Gasteiger partial charge in [-0.2, -0.15) is 9.97 Å². The van der Waals surface area contributed by atoms with E-state index in [1.165, 1.54) is 24.3 Å². The molecule has 1 aliphatic carbocycles. The van der Waals surface area contributed by atoms with Gasteiger partial charge in [-0.25, -0.2) is 8.78 Å². The van der Waals surface area contributed by atoms with Gasteiger partial charge in [-0.15, -0.1) is 6.42 Å². The quantitative estimate of drug-likeness (QED) is 0.253. The third-order valence-electron chi connectivity index (χ3n) is 10.1. The van der Waals surface area contributed by atoms with Crippen LogP contribution in [0.4, 0.5) is 14.6 Å². The summed E-state index contributed by atoms with van der Waals surface area (Å²) in [6.07, 6.45) is 17.2. The molecule has 44 heavy (non-hydrogen) atoms. The summed E-state index contributed by atoms with van der Waals surface area (Å²) >= 11 is 0. The van der Waals surface area contributed by atoms with Crippen LogP contribution in [0, 0.1) is 29.4 Å². The average molecular weight is 598 g/mol. The Labute approximate surface area is 256 Å². The van der Waals surface area contributed by atoms with Crippen LogP contribution < -0.4 is 9.64 Å². The van der Waals surface area contributed by atoms with Crippen molar-refractivity contribution in [2.24, 2.45) is 5.41 Å². The number of aromatic hydroxyl groups is 1. The van der Waals surface area contributed by atoms with Gasteiger partial charge in [-0.3, -0.25) is 4.98 Å². The van der Waals surface area contributed by atoms with Crippen molar-refractivity contribution < 1.29 is 18.6 Å². The number of terminal acetylenes is 1. The summed E-state index contributed by atoms with van der Waals surface area (Å²) in [5.74, 6) is 1.60. The second kappa shape index (κ2) is 11.5. The molecule has 2 aromatic heterocycles. The van der Waals surface area contributed by atoms with Gasteiger partial charge in [0.15, 0.2) is 5.82 Å². The molecule has 2 aliphatic heterocycles. The Morgan fingerprint density at radius 1 is 1.05 bits per heavy atom. The summed E-state index contributed by atoms with van der Waals surface area (Å²) < 4.78 is 38.0. The summed E-state index contributed by atoms with van der Waals surface area (Å²) in [7, 11) is 2.19. The zero-order valence-electron chi connectivity index (χ0n) is 25.1. The molecule has 0 radical (unpaired) electrons. The molecule has 3 fully saturated rings. The highest BCUT2D eigenvalue weighted by Crippen LogP contribution is 2.47. The second-order valence-corrected chi connectivity index (χ2v) is 12.7. The lowest BCUT2D eigenvalue weighted by Crippen LogP contribution is -2.50. The smallest absolute Gasteiger partial charge is 0.319 e. The van der Waals surface area contributed by atoms with Crippen molar-refractivity contribution in [3.63, 3.8) is 0 Å². The lowest BCUT2D eigenvalue weighted by atomic mass is 9.76. The minimum atomic E-state index is -0.695. The van der Waals surface area contributed by atoms with Crippen LogP contribution in [0.2, 0.25) is 0 Å². The van der Waals surface area contributed by atoms with Gasteiger partial charge in [0.1, 0.15) is 28.6 Å². The number of halogens is 2. The van der Waals surface area contributed by atoms with E-state index in [4.69, 9.17) is 16.1 Å². The normalized spacial score (nSPS) is 22.6. The monoisotopic (exact) mass is 597 g/mol. The van der Waals surface area contributed by atoms with Crippen molar-refractivity contribution in [1.82, 2.24) is 19.9 Å². The number of piperidine rings is 1. The SMILES string of the molecule is C#Cc1c(F)ccc2cc(O)cc(-c3ncc4c(N5CCCCCC5)nc(OC[C@]56CCC[C@H]5N(C)CCC6)nc4c3F)c12. The van der Waals surface area contributed by atoms with Crippen LogP contribution >= 0.6 is 0 Å². The molecule has 1 saturated carbocycles. The molecule has 0 bridgehead atoms. The number of hydrogen-bond acceptors (Lipinski definition) is 7. The standard InChI is InChI=1S/C35H37F2N5O2/c1-3-24-27(36)12-11-22-18-23(43)19-25(29(22)24)31-30(37)32-26(20-38-31)33(42-16-6-4-5-7-17-42)40-34(39-32)44-21-35-13-8-10-28(35)41(2)15-9-14-35/h1,11-12,18-20,28,43H,4-10,13-17,21H2,2H3/t28-,35-/m1/s1. The number of phenolic OH excluding ortho intramolecular Hbond substituents is 1. The number of hydrogen-bond donors (Lipinski definition) is 1. The van der Waals surface area contributed by atoms with Gasteiger partial charge in [-0.05, 0) is 75.7 Å². The highest BCUT2D eigenvalue weighted by atomic mass is 19.1. The summed E-state index contributed by atoms with van der Waals surface area (Å²) in [5, 5.41) is 11.8. The van der Waals surface area contributed by atoms with E-state index in [1.807, 2.05) is 0 Å². The van der Waals surface area contributed by atoms with E-state index < -0.39 is 11.6 Å². The van der Waals surface area contributed by atoms with Crippen LogP contribution in [0.25, 0.3) is 32.9 Å². The zero-order chi connectivity index (χ0) is 30.4. The molecule has 0 unspecified atom stereocenters. The fourth-order valence-corrected chi connectivity index (χ4v) is 7.94. The average Bonchev–Trinajstić information content (AvgIpc) is 3.28. The van der Waals surface area contributed by atoms with E-state index in [0.717, 1.165) is 77.4 Å². The van der Waals surface area contributed by atoms with Crippen LogP contribution in [0.3, 0.4) is 0 Å². The lowest BCUT2D eigenvalue weighted by Gasteiger charge is -2.44. The number of pyridine rings is 1. The van der Waals surface area contributed by atoms with E-state index in [9.17, 15) is 9.50 Å². The number of fused-ring (bicyclic) bond motifs is 3. The van der Waals surface area contributed by atoms with Gasteiger partial charge in [0, 0.05) is 41.7 Å². The summed E-state index contributed by atoms with van der Waals surface area (Å²) in [5.41, 5.74) is 0.221. The number of likely N-dealkylation sites (tertiary alicyclic amines) is 1. The minimum absolute atomic E-state index is 0.0152. The molecular formula is C35H37F2N5O2. The van der Waals surface area contributed by atoms with Gasteiger partial charge in [0.25, 0.3) is 0 Å². The van der Waals surface area contributed by atoms with E-state index in [-0.39, 0.29) is 39.5 Å². The third kappa shape index (κ3) is 4.89. The maximum Gasteiger partial charge on any atom is 0.319 e. The Balaban J connectivity index is 1.37. The predicted molar refractivity (Wildman–Crippen MR) is 168 cm³/mol. The first-order chi connectivity index (χ1) is 21.4. The number of phenols is 1. The molecule has 2 aromatic carbocycles. The van der Waals surface area contributed by atoms with Crippen LogP contribution in [0.15, 0.2) is 30.5 Å². The maximum atomic E-state index is 16.8. The second-order valence-electron chi connectivity index (χ2n) is 12.7. The zero-order valence-corrected chi connectivity index (χ0v) is 25.1. The highest BCUT2D eigenvalue weighted by Gasteiger charge is 2.47. The summed E-state index contributed by atoms with van der Waals surface area (Å²) in [4.78, 5) is 18.7. The highest BCUT2D eigenvalue weighted by molar-refractivity contribution is 6.03. The molecule has 0 spiro atoms. The molecule has 7 nitrogen and oxygen atoms in total. The fraction of sp³-hybridized carbons (Fsp3) is 0.457. The Morgan fingerprint density at radius 2 is 1.84 bits per heavy atom. The van der Waals surface area contributed by atoms with E-state index in [2.05, 4.69) is 32.7 Å². The van der Waals surface area contributed by atoms with E-state index in [1.54, 1.807) is 6.20 Å². The maximum absolute atomic E-state index is 16.8.